The summed E-state index contributed by atoms with van der Waals surface area (Å²) < 4.78 is 18.1. The minimum atomic E-state index is -0.592. The second kappa shape index (κ2) is 9.22. The molecule has 1 aliphatic rings. The minimum Gasteiger partial charge on any atom is -0.492 e. The summed E-state index contributed by atoms with van der Waals surface area (Å²) in [5, 5.41) is 0. The van der Waals surface area contributed by atoms with E-state index in [2.05, 4.69) is 20.8 Å². The van der Waals surface area contributed by atoms with Gasteiger partial charge in [-0.2, -0.15) is 0 Å². The number of hydrogen-bond acceptors (Lipinski definition) is 6. The molecular formula is C24H32N2O5. The van der Waals surface area contributed by atoms with Gasteiger partial charge in [0.1, 0.15) is 11.3 Å². The summed E-state index contributed by atoms with van der Waals surface area (Å²) in [6, 6.07) is 3.58. The molecule has 0 unspecified atom stereocenters. The second-order valence-electron chi connectivity index (χ2n) is 8.92. The number of esters is 1. The van der Waals surface area contributed by atoms with Crippen molar-refractivity contribution in [1.29, 1.82) is 0 Å². The standard InChI is InChI=1S/C24H32N2O5/c1-7-30-23(28)17-14-26-18(13-19(17)27)22-16(12-21(26)24(3,4)5)11-20(15(2)25-22)31-10-8-9-29-6/h11,13-14,21H,7-10,12H2,1-6H3/t21-/m0/s1. The molecule has 0 radical (unpaired) electrons. The molecule has 2 aromatic heterocycles. The molecule has 31 heavy (non-hydrogen) atoms. The minimum absolute atomic E-state index is 0.0367. The van der Waals surface area contributed by atoms with Crippen molar-refractivity contribution in [2.24, 2.45) is 5.41 Å². The first-order valence-electron chi connectivity index (χ1n) is 10.7. The van der Waals surface area contributed by atoms with Crippen LogP contribution in [0.2, 0.25) is 0 Å². The third kappa shape index (κ3) is 4.82. The molecule has 0 bridgehead atoms. The van der Waals surface area contributed by atoms with Crippen LogP contribution >= 0.6 is 0 Å². The highest BCUT2D eigenvalue weighted by molar-refractivity contribution is 5.89. The van der Waals surface area contributed by atoms with E-state index < -0.39 is 5.97 Å². The molecule has 0 fully saturated rings. The smallest absolute Gasteiger partial charge is 0.343 e. The van der Waals surface area contributed by atoms with Crippen LogP contribution in [0.1, 0.15) is 61.8 Å². The highest BCUT2D eigenvalue weighted by atomic mass is 16.5. The van der Waals surface area contributed by atoms with Gasteiger partial charge in [-0.15, -0.1) is 0 Å². The van der Waals surface area contributed by atoms with Crippen molar-refractivity contribution >= 4 is 5.97 Å². The van der Waals surface area contributed by atoms with Gasteiger partial charge in [-0.25, -0.2) is 9.78 Å². The maximum atomic E-state index is 12.7. The molecule has 1 aliphatic heterocycles. The molecule has 168 valence electrons. The van der Waals surface area contributed by atoms with Crippen molar-refractivity contribution in [3.05, 3.63) is 45.4 Å². The van der Waals surface area contributed by atoms with E-state index >= 15 is 0 Å². The number of carbonyl (C=O) groups is 1. The number of rotatable bonds is 7. The monoisotopic (exact) mass is 428 g/mol. The highest BCUT2D eigenvalue weighted by Crippen LogP contribution is 2.42. The average Bonchev–Trinajstić information content (AvgIpc) is 2.70. The first-order chi connectivity index (χ1) is 14.7. The number of ether oxygens (including phenoxy) is 3. The summed E-state index contributed by atoms with van der Waals surface area (Å²) in [6.45, 7) is 11.5. The molecule has 7 nitrogen and oxygen atoms in total. The number of nitrogens with zero attached hydrogens (tertiary/aromatic N) is 2. The van der Waals surface area contributed by atoms with Crippen molar-refractivity contribution < 1.29 is 19.0 Å². The molecule has 1 atom stereocenters. The molecule has 0 aromatic carbocycles. The summed E-state index contributed by atoms with van der Waals surface area (Å²) in [5.74, 6) is 0.159. The molecule has 0 aliphatic carbocycles. The maximum absolute atomic E-state index is 12.7. The van der Waals surface area contributed by atoms with E-state index in [4.69, 9.17) is 19.2 Å². The quantitative estimate of drug-likeness (QED) is 0.491. The number of methoxy groups -OCH3 is 1. The van der Waals surface area contributed by atoms with E-state index in [-0.39, 0.29) is 29.1 Å². The third-order valence-corrected chi connectivity index (χ3v) is 5.56. The van der Waals surface area contributed by atoms with Crippen LogP contribution in [0.25, 0.3) is 11.4 Å². The zero-order chi connectivity index (χ0) is 22.8. The van der Waals surface area contributed by atoms with Crippen molar-refractivity contribution in [3.63, 3.8) is 0 Å². The lowest BCUT2D eigenvalue weighted by Crippen LogP contribution is -2.33. The molecule has 7 heteroatoms. The number of carbonyl (C=O) groups excluding carboxylic acids is 1. The molecule has 3 heterocycles. The fourth-order valence-electron chi connectivity index (χ4n) is 3.92. The number of fused-ring (bicyclic) bond motifs is 3. The van der Waals surface area contributed by atoms with Gasteiger partial charge in [0.15, 0.2) is 5.43 Å². The topological polar surface area (TPSA) is 79.7 Å². The van der Waals surface area contributed by atoms with Gasteiger partial charge in [-0.1, -0.05) is 20.8 Å². The lowest BCUT2D eigenvalue weighted by Gasteiger charge is -2.38. The summed E-state index contributed by atoms with van der Waals surface area (Å²) in [5.41, 5.74) is 2.86. The number of hydrogen-bond donors (Lipinski definition) is 0. The van der Waals surface area contributed by atoms with Gasteiger partial charge in [0.05, 0.1) is 30.3 Å². The molecule has 0 N–H and O–H groups in total. The van der Waals surface area contributed by atoms with E-state index in [1.165, 1.54) is 6.07 Å². The molecule has 3 rings (SSSR count). The van der Waals surface area contributed by atoms with Crippen LogP contribution in [0, 0.1) is 12.3 Å². The van der Waals surface area contributed by atoms with Crippen LogP contribution in [0.15, 0.2) is 23.1 Å². The van der Waals surface area contributed by atoms with Crippen LogP contribution in [0.5, 0.6) is 5.75 Å². The van der Waals surface area contributed by atoms with Gasteiger partial charge in [0.2, 0.25) is 0 Å². The van der Waals surface area contributed by atoms with Crippen LogP contribution in [0.4, 0.5) is 0 Å². The average molecular weight is 429 g/mol. The SMILES string of the molecule is CCOC(=O)c1cn2c(cc1=O)-c1nc(C)c(OCCCOC)cc1C[C@H]2C(C)(C)C. The molecule has 0 spiro atoms. The van der Waals surface area contributed by atoms with Crippen molar-refractivity contribution in [2.45, 2.75) is 53.5 Å². The molecule has 0 amide bonds. The van der Waals surface area contributed by atoms with E-state index in [0.29, 0.717) is 18.9 Å². The van der Waals surface area contributed by atoms with E-state index in [9.17, 15) is 9.59 Å². The van der Waals surface area contributed by atoms with Gasteiger partial charge in [-0.3, -0.25) is 4.79 Å². The van der Waals surface area contributed by atoms with E-state index in [1.54, 1.807) is 20.2 Å². The van der Waals surface area contributed by atoms with Gasteiger partial charge >= 0.3 is 5.97 Å². The second-order valence-corrected chi connectivity index (χ2v) is 8.92. The largest absolute Gasteiger partial charge is 0.492 e. The normalized spacial score (nSPS) is 15.2. The zero-order valence-electron chi connectivity index (χ0n) is 19.3. The van der Waals surface area contributed by atoms with Crippen LogP contribution in [-0.4, -0.2) is 42.5 Å². The van der Waals surface area contributed by atoms with Gasteiger partial charge in [0, 0.05) is 38.4 Å². The molecular weight excluding hydrogens is 396 g/mol. The highest BCUT2D eigenvalue weighted by Gasteiger charge is 2.34. The van der Waals surface area contributed by atoms with E-state index in [1.807, 2.05) is 17.6 Å². The first-order valence-corrected chi connectivity index (χ1v) is 10.7. The lowest BCUT2D eigenvalue weighted by atomic mass is 9.79. The molecule has 0 saturated heterocycles. The maximum Gasteiger partial charge on any atom is 0.343 e. The lowest BCUT2D eigenvalue weighted by molar-refractivity contribution is 0.0523. The van der Waals surface area contributed by atoms with Crippen LogP contribution < -0.4 is 10.2 Å². The summed E-state index contributed by atoms with van der Waals surface area (Å²) >= 11 is 0. The Balaban J connectivity index is 2.09. The van der Waals surface area contributed by atoms with Crippen molar-refractivity contribution in [1.82, 2.24) is 9.55 Å². The Labute approximate surface area is 183 Å². The first kappa shape index (κ1) is 23.0. The number of aromatic nitrogens is 2. The summed E-state index contributed by atoms with van der Waals surface area (Å²) in [7, 11) is 1.67. The molecule has 0 saturated carbocycles. The predicted molar refractivity (Wildman–Crippen MR) is 119 cm³/mol. The number of aryl methyl sites for hydroxylation is 1. The van der Waals surface area contributed by atoms with Crippen LogP contribution in [-0.2, 0) is 15.9 Å². The Kier molecular flexibility index (Phi) is 6.84. The fraction of sp³-hybridized carbons (Fsp3) is 0.542. The summed E-state index contributed by atoms with van der Waals surface area (Å²) in [4.78, 5) is 29.9. The molecule has 2 aromatic rings. The Hall–Kier alpha value is -2.67. The Bertz CT molecular complexity index is 1020. The predicted octanol–water partition coefficient (Wildman–Crippen LogP) is 3.95. The Morgan fingerprint density at radius 1 is 1.26 bits per heavy atom. The van der Waals surface area contributed by atoms with Gasteiger partial charge < -0.3 is 18.8 Å². The third-order valence-electron chi connectivity index (χ3n) is 5.56. The van der Waals surface area contributed by atoms with Crippen LogP contribution in [0.3, 0.4) is 0 Å². The Morgan fingerprint density at radius 3 is 2.65 bits per heavy atom. The number of pyridine rings is 2. The zero-order valence-corrected chi connectivity index (χ0v) is 19.3. The van der Waals surface area contributed by atoms with Gasteiger partial charge in [0.25, 0.3) is 0 Å². The van der Waals surface area contributed by atoms with Crippen molar-refractivity contribution in [2.75, 3.05) is 26.9 Å². The van der Waals surface area contributed by atoms with E-state index in [0.717, 1.165) is 35.5 Å². The Morgan fingerprint density at radius 2 is 2.00 bits per heavy atom. The van der Waals surface area contributed by atoms with Crippen molar-refractivity contribution in [3.8, 4) is 17.1 Å². The fourth-order valence-corrected chi connectivity index (χ4v) is 3.92. The summed E-state index contributed by atoms with van der Waals surface area (Å²) in [6.07, 6.45) is 3.16. The van der Waals surface area contributed by atoms with Gasteiger partial charge in [-0.05, 0) is 37.3 Å².